The number of hydrogen-bond acceptors (Lipinski definition) is 3. The number of aromatic nitrogens is 1. The number of hydrogen-bond donors (Lipinski definition) is 1. The van der Waals surface area contributed by atoms with Crippen LogP contribution < -0.4 is 5.32 Å². The highest BCUT2D eigenvalue weighted by Crippen LogP contribution is 2.29. The molecular formula is C19H25N3O2. The van der Waals surface area contributed by atoms with Gasteiger partial charge in [-0.1, -0.05) is 24.2 Å². The van der Waals surface area contributed by atoms with Crippen LogP contribution in [0, 0.1) is 13.8 Å². The summed E-state index contributed by atoms with van der Waals surface area (Å²) in [6.07, 6.45) is 3.08. The number of carbonyl (C=O) groups is 1. The predicted octanol–water partition coefficient (Wildman–Crippen LogP) is 4.04. The van der Waals surface area contributed by atoms with Crippen molar-refractivity contribution in [2.75, 3.05) is 6.54 Å². The molecule has 0 aliphatic heterocycles. The molecule has 2 amide bonds. The fourth-order valence-corrected chi connectivity index (χ4v) is 2.68. The second kappa shape index (κ2) is 7.07. The molecule has 24 heavy (non-hydrogen) atoms. The number of benzene rings is 1. The van der Waals surface area contributed by atoms with E-state index in [0.717, 1.165) is 36.3 Å². The first-order valence-electron chi connectivity index (χ1n) is 8.66. The van der Waals surface area contributed by atoms with E-state index in [0.29, 0.717) is 19.1 Å². The summed E-state index contributed by atoms with van der Waals surface area (Å²) in [4.78, 5) is 14.2. The van der Waals surface area contributed by atoms with Crippen LogP contribution in [-0.4, -0.2) is 28.7 Å². The van der Waals surface area contributed by atoms with E-state index in [2.05, 4.69) is 43.4 Å². The maximum Gasteiger partial charge on any atom is 0.318 e. The van der Waals surface area contributed by atoms with E-state index in [4.69, 9.17) is 4.52 Å². The highest BCUT2D eigenvalue weighted by molar-refractivity contribution is 5.75. The van der Waals surface area contributed by atoms with Crippen molar-refractivity contribution in [3.8, 4) is 11.3 Å². The smallest absolute Gasteiger partial charge is 0.318 e. The number of nitrogens with one attached hydrogen (secondary N) is 1. The molecule has 1 aliphatic carbocycles. The molecule has 1 N–H and O–H groups in total. The molecule has 0 unspecified atom stereocenters. The van der Waals surface area contributed by atoms with Crippen molar-refractivity contribution in [3.63, 3.8) is 0 Å². The van der Waals surface area contributed by atoms with Gasteiger partial charge in [-0.3, -0.25) is 0 Å². The minimum Gasteiger partial charge on any atom is -0.356 e. The second-order valence-electron chi connectivity index (χ2n) is 6.57. The van der Waals surface area contributed by atoms with E-state index in [1.807, 2.05) is 17.0 Å². The summed E-state index contributed by atoms with van der Waals surface area (Å²) in [6, 6.07) is 8.50. The van der Waals surface area contributed by atoms with Gasteiger partial charge in [0.05, 0.1) is 6.54 Å². The molecular weight excluding hydrogens is 302 g/mol. The lowest BCUT2D eigenvalue weighted by atomic mass is 10.0. The Labute approximate surface area is 143 Å². The van der Waals surface area contributed by atoms with Gasteiger partial charge in [0.1, 0.15) is 5.69 Å². The Hall–Kier alpha value is -2.30. The van der Waals surface area contributed by atoms with Crippen LogP contribution in [-0.2, 0) is 6.54 Å². The SMILES string of the molecule is CCCNC(=O)N(Cc1cc(-c2ccc(C)c(C)c2)on1)C1CC1. The average molecular weight is 327 g/mol. The first-order chi connectivity index (χ1) is 11.6. The summed E-state index contributed by atoms with van der Waals surface area (Å²) in [6.45, 7) is 7.43. The van der Waals surface area contributed by atoms with Gasteiger partial charge in [-0.25, -0.2) is 4.79 Å². The van der Waals surface area contributed by atoms with Crippen molar-refractivity contribution in [1.82, 2.24) is 15.4 Å². The number of amides is 2. The van der Waals surface area contributed by atoms with Crippen LogP contribution in [0.5, 0.6) is 0 Å². The van der Waals surface area contributed by atoms with Gasteiger partial charge in [-0.15, -0.1) is 0 Å². The average Bonchev–Trinajstić information content (AvgIpc) is 3.31. The topological polar surface area (TPSA) is 58.4 Å². The van der Waals surface area contributed by atoms with Crippen LogP contribution >= 0.6 is 0 Å². The molecule has 0 radical (unpaired) electrons. The summed E-state index contributed by atoms with van der Waals surface area (Å²) in [5.74, 6) is 0.748. The van der Waals surface area contributed by atoms with Gasteiger partial charge in [0.2, 0.25) is 0 Å². The molecule has 1 aromatic heterocycles. The number of urea groups is 1. The van der Waals surface area contributed by atoms with Crippen molar-refractivity contribution >= 4 is 6.03 Å². The van der Waals surface area contributed by atoms with Gasteiger partial charge in [-0.05, 0) is 50.3 Å². The third-order valence-corrected chi connectivity index (χ3v) is 4.46. The molecule has 1 aliphatic rings. The molecule has 1 aromatic carbocycles. The van der Waals surface area contributed by atoms with Crippen molar-refractivity contribution in [2.45, 2.75) is 52.6 Å². The molecule has 5 nitrogen and oxygen atoms in total. The fourth-order valence-electron chi connectivity index (χ4n) is 2.68. The minimum absolute atomic E-state index is 0.00456. The molecule has 5 heteroatoms. The number of nitrogens with zero attached hydrogens (tertiary/aromatic N) is 2. The highest BCUT2D eigenvalue weighted by Gasteiger charge is 2.33. The molecule has 1 fully saturated rings. The van der Waals surface area contributed by atoms with Crippen LogP contribution in [0.15, 0.2) is 28.8 Å². The number of rotatable bonds is 6. The maximum absolute atomic E-state index is 12.3. The zero-order chi connectivity index (χ0) is 17.1. The van der Waals surface area contributed by atoms with Crippen molar-refractivity contribution in [1.29, 1.82) is 0 Å². The fraction of sp³-hybridized carbons (Fsp3) is 0.474. The Morgan fingerprint density at radius 2 is 2.08 bits per heavy atom. The maximum atomic E-state index is 12.3. The molecule has 1 heterocycles. The van der Waals surface area contributed by atoms with E-state index in [1.54, 1.807) is 0 Å². The van der Waals surface area contributed by atoms with E-state index >= 15 is 0 Å². The van der Waals surface area contributed by atoms with Crippen LogP contribution in [0.2, 0.25) is 0 Å². The summed E-state index contributed by atoms with van der Waals surface area (Å²) in [5, 5.41) is 7.12. The Bertz CT molecular complexity index is 719. The lowest BCUT2D eigenvalue weighted by Gasteiger charge is -2.21. The summed E-state index contributed by atoms with van der Waals surface area (Å²) in [7, 11) is 0. The summed E-state index contributed by atoms with van der Waals surface area (Å²) >= 11 is 0. The Morgan fingerprint density at radius 3 is 2.75 bits per heavy atom. The van der Waals surface area contributed by atoms with Gasteiger partial charge in [-0.2, -0.15) is 0 Å². The molecule has 1 saturated carbocycles. The molecule has 0 saturated heterocycles. The van der Waals surface area contributed by atoms with Gasteiger partial charge < -0.3 is 14.7 Å². The quantitative estimate of drug-likeness (QED) is 0.871. The third-order valence-electron chi connectivity index (χ3n) is 4.46. The highest BCUT2D eigenvalue weighted by atomic mass is 16.5. The van der Waals surface area contributed by atoms with Crippen molar-refractivity contribution in [3.05, 3.63) is 41.1 Å². The molecule has 0 spiro atoms. The lowest BCUT2D eigenvalue weighted by molar-refractivity contribution is 0.190. The van der Waals surface area contributed by atoms with Crippen LogP contribution in [0.1, 0.15) is 43.0 Å². The van der Waals surface area contributed by atoms with Crippen LogP contribution in [0.25, 0.3) is 11.3 Å². The number of aryl methyl sites for hydroxylation is 2. The van der Waals surface area contributed by atoms with Crippen LogP contribution in [0.3, 0.4) is 0 Å². The standard InChI is InChI=1S/C19H25N3O2/c1-4-9-20-19(23)22(17-7-8-17)12-16-11-18(24-21-16)15-6-5-13(2)14(3)10-15/h5-6,10-11,17H,4,7-9,12H2,1-3H3,(H,20,23). The number of carbonyl (C=O) groups excluding carboxylic acids is 1. The summed E-state index contributed by atoms with van der Waals surface area (Å²) < 4.78 is 5.50. The van der Waals surface area contributed by atoms with Gasteiger partial charge in [0, 0.05) is 24.2 Å². The minimum atomic E-state index is -0.00456. The predicted molar refractivity (Wildman–Crippen MR) is 93.7 cm³/mol. The van der Waals surface area contributed by atoms with E-state index in [-0.39, 0.29) is 6.03 Å². The molecule has 128 valence electrons. The molecule has 2 aromatic rings. The Balaban J connectivity index is 1.72. The van der Waals surface area contributed by atoms with Crippen LogP contribution in [0.4, 0.5) is 4.79 Å². The van der Waals surface area contributed by atoms with E-state index in [9.17, 15) is 4.79 Å². The lowest BCUT2D eigenvalue weighted by Crippen LogP contribution is -2.41. The third kappa shape index (κ3) is 3.78. The largest absolute Gasteiger partial charge is 0.356 e. The van der Waals surface area contributed by atoms with Crippen molar-refractivity contribution in [2.24, 2.45) is 0 Å². The second-order valence-corrected chi connectivity index (χ2v) is 6.57. The molecule has 3 rings (SSSR count). The Kier molecular flexibility index (Phi) is 4.88. The van der Waals surface area contributed by atoms with E-state index < -0.39 is 0 Å². The first kappa shape index (κ1) is 16.6. The van der Waals surface area contributed by atoms with Gasteiger partial charge >= 0.3 is 6.03 Å². The first-order valence-corrected chi connectivity index (χ1v) is 8.66. The molecule has 0 atom stereocenters. The molecule has 0 bridgehead atoms. The zero-order valence-corrected chi connectivity index (χ0v) is 14.6. The zero-order valence-electron chi connectivity index (χ0n) is 14.6. The monoisotopic (exact) mass is 327 g/mol. The normalized spacial score (nSPS) is 13.8. The van der Waals surface area contributed by atoms with Gasteiger partial charge in [0.15, 0.2) is 5.76 Å². The summed E-state index contributed by atoms with van der Waals surface area (Å²) in [5.41, 5.74) is 4.29. The van der Waals surface area contributed by atoms with Gasteiger partial charge in [0.25, 0.3) is 0 Å². The Morgan fingerprint density at radius 1 is 1.29 bits per heavy atom. The van der Waals surface area contributed by atoms with E-state index in [1.165, 1.54) is 11.1 Å². The van der Waals surface area contributed by atoms with Crippen molar-refractivity contribution < 1.29 is 9.32 Å².